The van der Waals surface area contributed by atoms with Crippen LogP contribution in [0.15, 0.2) is 24.3 Å². The van der Waals surface area contributed by atoms with E-state index in [4.69, 9.17) is 14.2 Å². The number of esters is 1. The van der Waals surface area contributed by atoms with Crippen molar-refractivity contribution in [2.24, 2.45) is 5.41 Å². The van der Waals surface area contributed by atoms with Gasteiger partial charge in [-0.3, -0.25) is 4.79 Å². The van der Waals surface area contributed by atoms with Gasteiger partial charge in [-0.2, -0.15) is 0 Å². The van der Waals surface area contributed by atoms with E-state index in [1.54, 1.807) is 0 Å². The Bertz CT molecular complexity index is 530. The molecule has 1 aliphatic carbocycles. The molecule has 0 saturated heterocycles. The lowest BCUT2D eigenvalue weighted by Gasteiger charge is -2.22. The third-order valence-corrected chi connectivity index (χ3v) is 5.35. The molecule has 0 N–H and O–H groups in total. The molecule has 1 saturated carbocycles. The third-order valence-electron chi connectivity index (χ3n) is 5.35. The molecule has 0 radical (unpaired) electrons. The monoisotopic (exact) mass is 362 g/mol. The highest BCUT2D eigenvalue weighted by Gasteiger charge is 2.26. The molecular formula is C22H34O4. The minimum absolute atomic E-state index is 0.169. The Morgan fingerprint density at radius 1 is 1.00 bits per heavy atom. The van der Waals surface area contributed by atoms with Crippen LogP contribution in [-0.2, 0) is 14.3 Å². The molecule has 0 aromatic heterocycles. The van der Waals surface area contributed by atoms with Crippen molar-refractivity contribution in [3.05, 3.63) is 29.8 Å². The number of hydrogen-bond acceptors (Lipinski definition) is 4. The van der Waals surface area contributed by atoms with Crippen LogP contribution in [0, 0.1) is 5.41 Å². The smallest absolute Gasteiger partial charge is 0.311 e. The number of carbonyl (C=O) groups excluding carboxylic acids is 1. The topological polar surface area (TPSA) is 44.8 Å². The summed E-state index contributed by atoms with van der Waals surface area (Å²) in [6, 6.07) is 8.50. The zero-order chi connectivity index (χ0) is 18.8. The highest BCUT2D eigenvalue weighted by molar-refractivity contribution is 5.75. The number of rotatable bonds is 10. The fourth-order valence-electron chi connectivity index (χ4n) is 3.13. The van der Waals surface area contributed by atoms with Gasteiger partial charge in [-0.15, -0.1) is 0 Å². The first-order valence-electron chi connectivity index (χ1n) is 10.0. The highest BCUT2D eigenvalue weighted by atomic mass is 16.6. The maximum atomic E-state index is 11.8. The van der Waals surface area contributed by atoms with E-state index in [1.807, 2.05) is 20.8 Å². The van der Waals surface area contributed by atoms with Crippen LogP contribution in [0.5, 0.6) is 5.75 Å². The molecule has 1 aromatic rings. The van der Waals surface area contributed by atoms with Crippen molar-refractivity contribution in [3.63, 3.8) is 0 Å². The lowest BCUT2D eigenvalue weighted by atomic mass is 9.84. The van der Waals surface area contributed by atoms with E-state index in [2.05, 4.69) is 24.3 Å². The summed E-state index contributed by atoms with van der Waals surface area (Å²) in [5.74, 6) is 1.43. The summed E-state index contributed by atoms with van der Waals surface area (Å²) in [6.07, 6.45) is 7.48. The normalized spacial score (nSPS) is 15.7. The van der Waals surface area contributed by atoms with E-state index < -0.39 is 5.41 Å². The van der Waals surface area contributed by atoms with Gasteiger partial charge < -0.3 is 14.2 Å². The molecule has 4 heteroatoms. The Morgan fingerprint density at radius 3 is 2.31 bits per heavy atom. The van der Waals surface area contributed by atoms with Gasteiger partial charge in [0, 0.05) is 0 Å². The largest absolute Gasteiger partial charge is 0.491 e. The first-order chi connectivity index (χ1) is 12.5. The third kappa shape index (κ3) is 6.64. The molecule has 0 unspecified atom stereocenters. The zero-order valence-electron chi connectivity index (χ0n) is 16.6. The van der Waals surface area contributed by atoms with Gasteiger partial charge in [-0.1, -0.05) is 38.3 Å². The summed E-state index contributed by atoms with van der Waals surface area (Å²) in [5.41, 5.74) is 1.01. The van der Waals surface area contributed by atoms with Crippen molar-refractivity contribution in [1.29, 1.82) is 0 Å². The molecule has 146 valence electrons. The molecule has 4 nitrogen and oxygen atoms in total. The second-order valence-electron chi connectivity index (χ2n) is 7.74. The highest BCUT2D eigenvalue weighted by Crippen LogP contribution is 2.33. The second-order valence-corrected chi connectivity index (χ2v) is 7.74. The summed E-state index contributed by atoms with van der Waals surface area (Å²) in [6.45, 7) is 7.44. The number of hydrogen-bond donors (Lipinski definition) is 0. The van der Waals surface area contributed by atoms with E-state index in [0.29, 0.717) is 26.4 Å². The van der Waals surface area contributed by atoms with Gasteiger partial charge in [0.2, 0.25) is 0 Å². The first kappa shape index (κ1) is 20.8. The van der Waals surface area contributed by atoms with E-state index in [-0.39, 0.29) is 5.97 Å². The summed E-state index contributed by atoms with van der Waals surface area (Å²) in [7, 11) is 0. The van der Waals surface area contributed by atoms with E-state index in [9.17, 15) is 4.79 Å². The average molecular weight is 363 g/mol. The molecule has 0 atom stereocenters. The van der Waals surface area contributed by atoms with Crippen LogP contribution in [0.4, 0.5) is 0 Å². The molecule has 1 fully saturated rings. The molecule has 0 heterocycles. The molecule has 1 aromatic carbocycles. The molecule has 0 bridgehead atoms. The van der Waals surface area contributed by atoms with Gasteiger partial charge in [0.1, 0.15) is 19.0 Å². The average Bonchev–Trinajstić information content (AvgIpc) is 2.68. The molecule has 0 aliphatic heterocycles. The van der Waals surface area contributed by atoms with Crippen LogP contribution in [0.3, 0.4) is 0 Å². The van der Waals surface area contributed by atoms with E-state index >= 15 is 0 Å². The zero-order valence-corrected chi connectivity index (χ0v) is 16.6. The van der Waals surface area contributed by atoms with Crippen molar-refractivity contribution in [3.8, 4) is 5.75 Å². The van der Waals surface area contributed by atoms with Gasteiger partial charge in [-0.25, -0.2) is 0 Å². The fraction of sp³-hybridized carbons (Fsp3) is 0.682. The van der Waals surface area contributed by atoms with Crippen LogP contribution in [0.25, 0.3) is 0 Å². The van der Waals surface area contributed by atoms with Gasteiger partial charge in [-0.05, 0) is 56.7 Å². The molecule has 0 amide bonds. The number of carbonyl (C=O) groups is 1. The van der Waals surface area contributed by atoms with Crippen molar-refractivity contribution in [2.75, 3.05) is 26.4 Å². The predicted molar refractivity (Wildman–Crippen MR) is 104 cm³/mol. The van der Waals surface area contributed by atoms with Crippen LogP contribution in [0.2, 0.25) is 0 Å². The standard InChI is InChI=1S/C22H34O4/c1-4-22(2,3)21(23)26-17-15-24-14-16-25-20-12-10-19(11-13-20)18-8-6-5-7-9-18/h10-13,18H,4-9,14-17H2,1-3H3. The van der Waals surface area contributed by atoms with Crippen molar-refractivity contribution in [2.45, 2.75) is 65.2 Å². The predicted octanol–water partition coefficient (Wildman–Crippen LogP) is 5.11. The minimum atomic E-state index is -0.424. The van der Waals surface area contributed by atoms with Gasteiger partial charge in [0.25, 0.3) is 0 Å². The van der Waals surface area contributed by atoms with E-state index in [0.717, 1.165) is 18.1 Å². The fourth-order valence-corrected chi connectivity index (χ4v) is 3.13. The van der Waals surface area contributed by atoms with Crippen LogP contribution >= 0.6 is 0 Å². The maximum absolute atomic E-state index is 11.8. The van der Waals surface area contributed by atoms with E-state index in [1.165, 1.54) is 37.7 Å². The first-order valence-corrected chi connectivity index (χ1v) is 10.0. The Balaban J connectivity index is 1.56. The second kappa shape index (κ2) is 10.6. The number of benzene rings is 1. The van der Waals surface area contributed by atoms with Crippen molar-refractivity contribution in [1.82, 2.24) is 0 Å². The Hall–Kier alpha value is -1.55. The van der Waals surface area contributed by atoms with Crippen molar-refractivity contribution < 1.29 is 19.0 Å². The van der Waals surface area contributed by atoms with Gasteiger partial charge in [0.15, 0.2) is 0 Å². The number of ether oxygens (including phenoxy) is 3. The van der Waals surface area contributed by atoms with Crippen LogP contribution < -0.4 is 4.74 Å². The van der Waals surface area contributed by atoms with Gasteiger partial charge >= 0.3 is 5.97 Å². The Labute approximate surface area is 158 Å². The molecule has 26 heavy (non-hydrogen) atoms. The molecule has 2 rings (SSSR count). The lowest BCUT2D eigenvalue weighted by Crippen LogP contribution is -2.27. The van der Waals surface area contributed by atoms with Crippen LogP contribution in [-0.4, -0.2) is 32.4 Å². The minimum Gasteiger partial charge on any atom is -0.491 e. The molecule has 1 aliphatic rings. The molecular weight excluding hydrogens is 328 g/mol. The SMILES string of the molecule is CCC(C)(C)C(=O)OCCOCCOc1ccc(C2CCCCC2)cc1. The summed E-state index contributed by atoms with van der Waals surface area (Å²) < 4.78 is 16.4. The Kier molecular flexibility index (Phi) is 8.43. The molecule has 0 spiro atoms. The van der Waals surface area contributed by atoms with Crippen LogP contribution in [0.1, 0.15) is 70.8 Å². The van der Waals surface area contributed by atoms with Gasteiger partial charge in [0.05, 0.1) is 18.6 Å². The lowest BCUT2D eigenvalue weighted by molar-refractivity contribution is -0.155. The summed E-state index contributed by atoms with van der Waals surface area (Å²) in [5, 5.41) is 0. The summed E-state index contributed by atoms with van der Waals surface area (Å²) >= 11 is 0. The Morgan fingerprint density at radius 2 is 1.65 bits per heavy atom. The summed E-state index contributed by atoms with van der Waals surface area (Å²) in [4.78, 5) is 11.8. The van der Waals surface area contributed by atoms with Crippen molar-refractivity contribution >= 4 is 5.97 Å². The quantitative estimate of drug-likeness (QED) is 0.429. The maximum Gasteiger partial charge on any atom is 0.311 e.